The van der Waals surface area contributed by atoms with Crippen molar-refractivity contribution < 1.29 is 0 Å². The van der Waals surface area contributed by atoms with E-state index >= 15 is 0 Å². The van der Waals surface area contributed by atoms with Crippen LogP contribution in [0.2, 0.25) is 0 Å². The molecule has 2 heteroatoms. The third-order valence-electron chi connectivity index (χ3n) is 4.27. The first-order chi connectivity index (χ1) is 7.79. The molecule has 1 heterocycles. The molecule has 0 radical (unpaired) electrons. The first kappa shape index (κ1) is 12.4. The first-order valence-corrected chi connectivity index (χ1v) is 7.25. The van der Waals surface area contributed by atoms with E-state index < -0.39 is 0 Å². The Bertz CT molecular complexity index is 193. The summed E-state index contributed by atoms with van der Waals surface area (Å²) in [5, 5.41) is 3.65. The Kier molecular flexibility index (Phi) is 4.66. The van der Waals surface area contributed by atoms with Crippen molar-refractivity contribution in [3.63, 3.8) is 0 Å². The molecule has 2 fully saturated rings. The van der Waals surface area contributed by atoms with Gasteiger partial charge in [-0.3, -0.25) is 0 Å². The maximum atomic E-state index is 3.65. The third kappa shape index (κ3) is 3.74. The van der Waals surface area contributed by atoms with Crippen LogP contribution in [0.25, 0.3) is 0 Å². The normalized spacial score (nSPS) is 25.9. The zero-order chi connectivity index (χ0) is 11.4. The van der Waals surface area contributed by atoms with Crippen LogP contribution in [0.4, 0.5) is 0 Å². The number of hydrogen-bond donors (Lipinski definition) is 1. The summed E-state index contributed by atoms with van der Waals surface area (Å²) in [6.07, 6.45) is 7.06. The summed E-state index contributed by atoms with van der Waals surface area (Å²) in [5.41, 5.74) is 0. The van der Waals surface area contributed by atoms with Crippen molar-refractivity contribution in [2.75, 3.05) is 26.2 Å². The van der Waals surface area contributed by atoms with E-state index in [1.807, 2.05) is 0 Å². The summed E-state index contributed by atoms with van der Waals surface area (Å²) in [7, 11) is 0. The minimum Gasteiger partial charge on any atom is -0.314 e. The highest BCUT2D eigenvalue weighted by Gasteiger charge is 2.28. The molecule has 1 saturated heterocycles. The minimum absolute atomic E-state index is 0.725. The second-order valence-electron chi connectivity index (χ2n) is 5.82. The molecule has 1 N–H and O–H groups in total. The summed E-state index contributed by atoms with van der Waals surface area (Å²) in [5.74, 6) is 1.98. The maximum Gasteiger partial charge on any atom is 0.00679 e. The van der Waals surface area contributed by atoms with E-state index in [-0.39, 0.29) is 0 Å². The van der Waals surface area contributed by atoms with Crippen LogP contribution in [0.5, 0.6) is 0 Å². The first-order valence-electron chi connectivity index (χ1n) is 7.25. The molecule has 16 heavy (non-hydrogen) atoms. The molecule has 1 unspecified atom stereocenters. The van der Waals surface area contributed by atoms with E-state index in [4.69, 9.17) is 0 Å². The number of nitrogens with one attached hydrogen (secondary N) is 1. The van der Waals surface area contributed by atoms with Crippen LogP contribution < -0.4 is 5.32 Å². The summed E-state index contributed by atoms with van der Waals surface area (Å²) < 4.78 is 0. The molecule has 94 valence electrons. The molecular weight excluding hydrogens is 196 g/mol. The van der Waals surface area contributed by atoms with Crippen molar-refractivity contribution >= 4 is 0 Å². The average Bonchev–Trinajstić information content (AvgIpc) is 3.11. The predicted molar refractivity (Wildman–Crippen MR) is 69.6 cm³/mol. The quantitative estimate of drug-likeness (QED) is 0.746. The molecule has 1 saturated carbocycles. The zero-order valence-corrected chi connectivity index (χ0v) is 11.0. The van der Waals surface area contributed by atoms with Crippen molar-refractivity contribution in [2.24, 2.45) is 11.8 Å². The molecule has 1 aliphatic heterocycles. The van der Waals surface area contributed by atoms with Gasteiger partial charge in [0.1, 0.15) is 0 Å². The molecule has 1 aliphatic carbocycles. The molecule has 2 nitrogen and oxygen atoms in total. The second kappa shape index (κ2) is 6.02. The molecule has 2 aliphatic rings. The zero-order valence-electron chi connectivity index (χ0n) is 11.0. The predicted octanol–water partition coefficient (Wildman–Crippen LogP) is 2.50. The minimum atomic E-state index is 0.725. The summed E-state index contributed by atoms with van der Waals surface area (Å²) in [4.78, 5) is 2.70. The third-order valence-corrected chi connectivity index (χ3v) is 4.27. The van der Waals surface area contributed by atoms with E-state index in [1.54, 1.807) is 0 Å². The van der Waals surface area contributed by atoms with Gasteiger partial charge in [-0.2, -0.15) is 0 Å². The average molecular weight is 224 g/mol. The van der Waals surface area contributed by atoms with E-state index in [2.05, 4.69) is 24.1 Å². The van der Waals surface area contributed by atoms with Gasteiger partial charge in [-0.25, -0.2) is 0 Å². The van der Waals surface area contributed by atoms with Crippen LogP contribution in [-0.2, 0) is 0 Å². The lowest BCUT2D eigenvalue weighted by molar-refractivity contribution is 0.157. The lowest BCUT2D eigenvalue weighted by Gasteiger charge is -2.35. The summed E-state index contributed by atoms with van der Waals surface area (Å²) in [6, 6.07) is 0.725. The smallest absolute Gasteiger partial charge is 0.00679 e. The Hall–Kier alpha value is -0.0800. The molecule has 1 atom stereocenters. The van der Waals surface area contributed by atoms with Crippen LogP contribution >= 0.6 is 0 Å². The monoisotopic (exact) mass is 224 g/mol. The molecule has 2 rings (SSSR count). The van der Waals surface area contributed by atoms with Gasteiger partial charge in [-0.15, -0.1) is 0 Å². The Morgan fingerprint density at radius 2 is 1.88 bits per heavy atom. The number of rotatable bonds is 6. The van der Waals surface area contributed by atoms with Crippen LogP contribution in [0.3, 0.4) is 0 Å². The lowest BCUT2D eigenvalue weighted by atomic mass is 9.90. The van der Waals surface area contributed by atoms with Crippen LogP contribution in [0, 0.1) is 11.8 Å². The van der Waals surface area contributed by atoms with Crippen LogP contribution in [-0.4, -0.2) is 37.1 Å². The van der Waals surface area contributed by atoms with E-state index in [1.165, 1.54) is 58.3 Å². The second-order valence-corrected chi connectivity index (χ2v) is 5.82. The van der Waals surface area contributed by atoms with Gasteiger partial charge in [0.05, 0.1) is 0 Å². The van der Waals surface area contributed by atoms with E-state index in [0.717, 1.165) is 17.9 Å². The molecular formula is C14H28N2. The SMILES string of the molecule is CCCNC(C)C1CCN(CC2CC2)CC1. The Morgan fingerprint density at radius 1 is 1.19 bits per heavy atom. The molecule has 0 aromatic rings. The van der Waals surface area contributed by atoms with Crippen LogP contribution in [0.15, 0.2) is 0 Å². The fourth-order valence-electron chi connectivity index (χ4n) is 2.84. The molecule has 0 aromatic carbocycles. The van der Waals surface area contributed by atoms with Gasteiger partial charge < -0.3 is 10.2 Å². The van der Waals surface area contributed by atoms with E-state index in [0.29, 0.717) is 0 Å². The van der Waals surface area contributed by atoms with Gasteiger partial charge in [0, 0.05) is 12.6 Å². The van der Waals surface area contributed by atoms with E-state index in [9.17, 15) is 0 Å². The number of likely N-dealkylation sites (tertiary alicyclic amines) is 1. The topological polar surface area (TPSA) is 15.3 Å². The van der Waals surface area contributed by atoms with Gasteiger partial charge in [0.15, 0.2) is 0 Å². The van der Waals surface area contributed by atoms with Gasteiger partial charge in [0.2, 0.25) is 0 Å². The molecule has 0 spiro atoms. The molecule has 0 amide bonds. The van der Waals surface area contributed by atoms with Gasteiger partial charge in [0.25, 0.3) is 0 Å². The highest BCUT2D eigenvalue weighted by molar-refractivity contribution is 4.83. The van der Waals surface area contributed by atoms with Crippen molar-refractivity contribution in [3.05, 3.63) is 0 Å². The van der Waals surface area contributed by atoms with Gasteiger partial charge in [-0.05, 0) is 70.5 Å². The fourth-order valence-corrected chi connectivity index (χ4v) is 2.84. The van der Waals surface area contributed by atoms with Crippen molar-refractivity contribution in [1.29, 1.82) is 0 Å². The van der Waals surface area contributed by atoms with Gasteiger partial charge >= 0.3 is 0 Å². The number of hydrogen-bond acceptors (Lipinski definition) is 2. The number of nitrogens with zero attached hydrogens (tertiary/aromatic N) is 1. The Balaban J connectivity index is 1.63. The van der Waals surface area contributed by atoms with Gasteiger partial charge in [-0.1, -0.05) is 6.92 Å². The highest BCUT2D eigenvalue weighted by atomic mass is 15.1. The molecule has 0 bridgehead atoms. The Labute approximate surface area is 101 Å². The summed E-state index contributed by atoms with van der Waals surface area (Å²) in [6.45, 7) is 9.89. The summed E-state index contributed by atoms with van der Waals surface area (Å²) >= 11 is 0. The lowest BCUT2D eigenvalue weighted by Crippen LogP contribution is -2.42. The fraction of sp³-hybridized carbons (Fsp3) is 1.00. The Morgan fingerprint density at radius 3 is 2.44 bits per heavy atom. The van der Waals surface area contributed by atoms with Crippen molar-refractivity contribution in [3.8, 4) is 0 Å². The maximum absolute atomic E-state index is 3.65. The largest absolute Gasteiger partial charge is 0.314 e. The van der Waals surface area contributed by atoms with Crippen molar-refractivity contribution in [1.82, 2.24) is 10.2 Å². The van der Waals surface area contributed by atoms with Crippen LogP contribution in [0.1, 0.15) is 46.0 Å². The number of piperidine rings is 1. The standard InChI is InChI=1S/C14H28N2/c1-3-8-15-12(2)14-6-9-16(10-7-14)11-13-4-5-13/h12-15H,3-11H2,1-2H3. The molecule has 0 aromatic heterocycles. The highest BCUT2D eigenvalue weighted by Crippen LogP contribution is 2.31. The van der Waals surface area contributed by atoms with Crippen molar-refractivity contribution in [2.45, 2.75) is 52.0 Å².